The van der Waals surface area contributed by atoms with Crippen molar-refractivity contribution in [1.29, 1.82) is 0 Å². The van der Waals surface area contributed by atoms with Crippen LogP contribution in [-0.4, -0.2) is 49.9 Å². The molecule has 0 saturated carbocycles. The van der Waals surface area contributed by atoms with Crippen LogP contribution in [0.25, 0.3) is 0 Å². The lowest BCUT2D eigenvalue weighted by Crippen LogP contribution is -2.38. The predicted octanol–water partition coefficient (Wildman–Crippen LogP) is 2.80. The molecule has 2 aromatic rings. The van der Waals surface area contributed by atoms with Gasteiger partial charge in [0.25, 0.3) is 0 Å². The molecule has 0 radical (unpaired) electrons. The van der Waals surface area contributed by atoms with Crippen molar-refractivity contribution >= 4 is 5.96 Å². The summed E-state index contributed by atoms with van der Waals surface area (Å²) in [5.74, 6) is 1.70. The summed E-state index contributed by atoms with van der Waals surface area (Å²) in [6.07, 6.45) is 0. The maximum Gasteiger partial charge on any atom is 0.194 e. The van der Waals surface area contributed by atoms with Gasteiger partial charge in [-0.25, -0.2) is 9.38 Å². The van der Waals surface area contributed by atoms with Gasteiger partial charge in [-0.15, -0.1) is 0 Å². The molecule has 2 N–H and O–H groups in total. The zero-order valence-corrected chi connectivity index (χ0v) is 16.6. The summed E-state index contributed by atoms with van der Waals surface area (Å²) in [6, 6.07) is 12.1. The van der Waals surface area contributed by atoms with E-state index in [1.807, 2.05) is 37.1 Å². The Morgan fingerprint density at radius 3 is 2.50 bits per heavy atom. The molecule has 28 heavy (non-hydrogen) atoms. The van der Waals surface area contributed by atoms with Gasteiger partial charge >= 0.3 is 0 Å². The summed E-state index contributed by atoms with van der Waals surface area (Å²) in [4.78, 5) is 6.68. The molecule has 0 spiro atoms. The quantitative estimate of drug-likeness (QED) is 0.510. The maximum atomic E-state index is 13.1. The molecular formula is C21H28FN3O3. The first-order chi connectivity index (χ1) is 13.6. The second-order valence-electron chi connectivity index (χ2n) is 6.21. The third kappa shape index (κ3) is 6.42. The van der Waals surface area contributed by atoms with Crippen molar-refractivity contribution in [1.82, 2.24) is 10.2 Å². The Labute approximate surface area is 165 Å². The van der Waals surface area contributed by atoms with Crippen LogP contribution in [0.5, 0.6) is 11.5 Å². The molecular weight excluding hydrogens is 361 g/mol. The molecule has 0 saturated heterocycles. The number of guanidine groups is 1. The van der Waals surface area contributed by atoms with Gasteiger partial charge in [0.2, 0.25) is 0 Å². The summed E-state index contributed by atoms with van der Waals surface area (Å²) >= 11 is 0. The van der Waals surface area contributed by atoms with Crippen molar-refractivity contribution in [2.24, 2.45) is 4.99 Å². The minimum absolute atomic E-state index is 0.0539. The van der Waals surface area contributed by atoms with Crippen LogP contribution in [0.1, 0.15) is 18.1 Å². The van der Waals surface area contributed by atoms with E-state index in [4.69, 9.17) is 14.6 Å². The van der Waals surface area contributed by atoms with Crippen molar-refractivity contribution in [3.8, 4) is 11.5 Å². The van der Waals surface area contributed by atoms with Crippen LogP contribution in [0, 0.1) is 5.82 Å². The lowest BCUT2D eigenvalue weighted by atomic mass is 10.2. The number of nitrogens with zero attached hydrogens (tertiary/aromatic N) is 2. The zero-order valence-electron chi connectivity index (χ0n) is 16.6. The van der Waals surface area contributed by atoms with Crippen LogP contribution in [-0.2, 0) is 13.1 Å². The van der Waals surface area contributed by atoms with Crippen LogP contribution in [0.4, 0.5) is 4.39 Å². The average molecular weight is 389 g/mol. The Kier molecular flexibility index (Phi) is 8.55. The summed E-state index contributed by atoms with van der Waals surface area (Å²) in [5.41, 5.74) is 1.97. The molecule has 0 aliphatic heterocycles. The number of rotatable bonds is 9. The molecule has 0 unspecified atom stereocenters. The summed E-state index contributed by atoms with van der Waals surface area (Å²) in [7, 11) is 3.52. The minimum atomic E-state index is -0.243. The van der Waals surface area contributed by atoms with E-state index in [1.54, 1.807) is 19.2 Å². The Balaban J connectivity index is 2.09. The molecule has 2 rings (SSSR count). The van der Waals surface area contributed by atoms with Gasteiger partial charge in [0, 0.05) is 20.1 Å². The van der Waals surface area contributed by atoms with E-state index in [9.17, 15) is 4.39 Å². The molecule has 0 bridgehead atoms. The summed E-state index contributed by atoms with van der Waals surface area (Å²) in [6.45, 7) is 3.99. The molecule has 0 fully saturated rings. The van der Waals surface area contributed by atoms with Gasteiger partial charge in [-0.05, 0) is 42.3 Å². The number of nitrogens with one attached hydrogen (secondary N) is 1. The van der Waals surface area contributed by atoms with Crippen molar-refractivity contribution in [2.75, 3.05) is 33.9 Å². The van der Waals surface area contributed by atoms with Crippen molar-refractivity contribution in [3.05, 3.63) is 59.4 Å². The highest BCUT2D eigenvalue weighted by Gasteiger charge is 2.09. The van der Waals surface area contributed by atoms with Gasteiger partial charge < -0.3 is 24.8 Å². The zero-order chi connectivity index (χ0) is 20.4. The van der Waals surface area contributed by atoms with Gasteiger partial charge in [0.1, 0.15) is 12.4 Å². The SMILES string of the molecule is CCNC(=NCc1ccc(OCCO)c(OC)c1)N(C)Cc1ccc(F)cc1. The minimum Gasteiger partial charge on any atom is -0.493 e. The van der Waals surface area contributed by atoms with Gasteiger partial charge in [-0.3, -0.25) is 0 Å². The van der Waals surface area contributed by atoms with Crippen molar-refractivity contribution in [3.63, 3.8) is 0 Å². The highest BCUT2D eigenvalue weighted by molar-refractivity contribution is 5.79. The Morgan fingerprint density at radius 2 is 1.86 bits per heavy atom. The van der Waals surface area contributed by atoms with Crippen LogP contribution in [0.3, 0.4) is 0 Å². The molecule has 0 heterocycles. The number of hydrogen-bond donors (Lipinski definition) is 2. The fourth-order valence-corrected chi connectivity index (χ4v) is 2.66. The van der Waals surface area contributed by atoms with Crippen LogP contribution >= 0.6 is 0 Å². The molecule has 7 heteroatoms. The highest BCUT2D eigenvalue weighted by Crippen LogP contribution is 2.28. The molecule has 152 valence electrons. The third-order valence-corrected chi connectivity index (χ3v) is 4.02. The van der Waals surface area contributed by atoms with Crippen LogP contribution in [0.15, 0.2) is 47.5 Å². The number of benzene rings is 2. The predicted molar refractivity (Wildman–Crippen MR) is 108 cm³/mol. The maximum absolute atomic E-state index is 13.1. The first-order valence-corrected chi connectivity index (χ1v) is 9.21. The first-order valence-electron chi connectivity index (χ1n) is 9.21. The second kappa shape index (κ2) is 11.1. The largest absolute Gasteiger partial charge is 0.493 e. The van der Waals surface area contributed by atoms with Crippen molar-refractivity contribution < 1.29 is 19.0 Å². The number of methoxy groups -OCH3 is 1. The lowest BCUT2D eigenvalue weighted by Gasteiger charge is -2.22. The molecule has 0 atom stereocenters. The normalized spacial score (nSPS) is 11.2. The number of halogens is 1. The highest BCUT2D eigenvalue weighted by atomic mass is 19.1. The van der Waals surface area contributed by atoms with Crippen LogP contribution < -0.4 is 14.8 Å². The van der Waals surface area contributed by atoms with E-state index in [-0.39, 0.29) is 19.0 Å². The fourth-order valence-electron chi connectivity index (χ4n) is 2.66. The summed E-state index contributed by atoms with van der Waals surface area (Å²) in [5, 5.41) is 12.2. The topological polar surface area (TPSA) is 66.3 Å². The number of aliphatic imine (C=N–C) groups is 1. The molecule has 0 amide bonds. The Bertz CT molecular complexity index is 766. The number of aliphatic hydroxyl groups excluding tert-OH is 1. The molecule has 0 aliphatic carbocycles. The first kappa shape index (κ1) is 21.5. The Morgan fingerprint density at radius 1 is 1.14 bits per heavy atom. The second-order valence-corrected chi connectivity index (χ2v) is 6.21. The van der Waals surface area contributed by atoms with Crippen molar-refractivity contribution in [2.45, 2.75) is 20.0 Å². The van der Waals surface area contributed by atoms with E-state index < -0.39 is 0 Å². The van der Waals surface area contributed by atoms with E-state index in [0.29, 0.717) is 24.6 Å². The van der Waals surface area contributed by atoms with E-state index >= 15 is 0 Å². The van der Waals surface area contributed by atoms with E-state index in [0.717, 1.165) is 23.6 Å². The number of aliphatic hydroxyl groups is 1. The van der Waals surface area contributed by atoms with E-state index in [1.165, 1.54) is 12.1 Å². The Hall–Kier alpha value is -2.80. The number of ether oxygens (including phenoxy) is 2. The molecule has 0 aromatic heterocycles. The smallest absolute Gasteiger partial charge is 0.194 e. The van der Waals surface area contributed by atoms with Gasteiger partial charge in [0.05, 0.1) is 20.3 Å². The third-order valence-electron chi connectivity index (χ3n) is 4.02. The van der Waals surface area contributed by atoms with Gasteiger partial charge in [-0.1, -0.05) is 18.2 Å². The van der Waals surface area contributed by atoms with Gasteiger partial charge in [0.15, 0.2) is 17.5 Å². The molecule has 0 aliphatic rings. The fraction of sp³-hybridized carbons (Fsp3) is 0.381. The van der Waals surface area contributed by atoms with E-state index in [2.05, 4.69) is 10.3 Å². The monoisotopic (exact) mass is 389 g/mol. The van der Waals surface area contributed by atoms with Gasteiger partial charge in [-0.2, -0.15) is 0 Å². The average Bonchev–Trinajstić information content (AvgIpc) is 2.71. The standard InChI is InChI=1S/C21H28FN3O3/c1-4-23-21(25(2)15-16-5-8-18(22)9-6-16)24-14-17-7-10-19(28-12-11-26)20(13-17)27-3/h5-10,13,26H,4,11-12,14-15H2,1-3H3,(H,23,24). The molecule has 6 nitrogen and oxygen atoms in total. The lowest BCUT2D eigenvalue weighted by molar-refractivity contribution is 0.196. The number of hydrogen-bond acceptors (Lipinski definition) is 4. The van der Waals surface area contributed by atoms with Crippen LogP contribution in [0.2, 0.25) is 0 Å². The molecule has 2 aromatic carbocycles. The summed E-state index contributed by atoms with van der Waals surface area (Å²) < 4.78 is 23.9.